The molecule has 1 fully saturated rings. The summed E-state index contributed by atoms with van der Waals surface area (Å²) in [5.41, 5.74) is 0.635. The second-order valence-corrected chi connectivity index (χ2v) is 5.44. The first-order valence-electron chi connectivity index (χ1n) is 7.52. The Hall–Kier alpha value is -2.97. The van der Waals surface area contributed by atoms with E-state index >= 15 is 0 Å². The number of rotatable bonds is 3. The van der Waals surface area contributed by atoms with E-state index in [0.29, 0.717) is 37.4 Å². The molecule has 24 heavy (non-hydrogen) atoms. The van der Waals surface area contributed by atoms with Gasteiger partial charge in [-0.3, -0.25) is 9.78 Å². The van der Waals surface area contributed by atoms with Crippen molar-refractivity contribution in [3.8, 4) is 0 Å². The minimum Gasteiger partial charge on any atom is -0.465 e. The number of amides is 1. The van der Waals surface area contributed by atoms with Crippen molar-refractivity contribution in [2.75, 3.05) is 38.2 Å². The number of carbonyl (C=O) groups excluding carboxylic acids is 2. The monoisotopic (exact) mass is 330 g/mol. The average molecular weight is 330 g/mol. The highest BCUT2D eigenvalue weighted by Gasteiger charge is 2.25. The number of piperazine rings is 1. The van der Waals surface area contributed by atoms with Crippen molar-refractivity contribution in [1.82, 2.24) is 24.6 Å². The Morgan fingerprint density at radius 2 is 1.92 bits per heavy atom. The molecular formula is C15H18N6O3. The maximum atomic E-state index is 12.5. The molecule has 0 spiro atoms. The highest BCUT2D eigenvalue weighted by molar-refractivity contribution is 5.94. The summed E-state index contributed by atoms with van der Waals surface area (Å²) in [5, 5.41) is 7.95. The van der Waals surface area contributed by atoms with Gasteiger partial charge in [0.2, 0.25) is 5.95 Å². The van der Waals surface area contributed by atoms with Gasteiger partial charge in [0.1, 0.15) is 12.0 Å². The molecule has 0 aliphatic carbocycles. The summed E-state index contributed by atoms with van der Waals surface area (Å²) in [5.74, 6) is 0.172. The number of methoxy groups -OCH3 is 1. The second kappa shape index (κ2) is 6.65. The number of pyridine rings is 1. The molecule has 0 atom stereocenters. The van der Waals surface area contributed by atoms with Crippen molar-refractivity contribution in [2.24, 2.45) is 7.05 Å². The fraction of sp³-hybridized carbons (Fsp3) is 0.400. The summed E-state index contributed by atoms with van der Waals surface area (Å²) in [4.78, 5) is 31.8. The molecule has 0 radical (unpaired) electrons. The van der Waals surface area contributed by atoms with Crippen LogP contribution in [-0.4, -0.2) is 69.8 Å². The molecule has 1 amide bonds. The Balaban J connectivity index is 1.63. The van der Waals surface area contributed by atoms with Crippen LogP contribution in [0.5, 0.6) is 0 Å². The van der Waals surface area contributed by atoms with E-state index in [2.05, 4.69) is 24.8 Å². The highest BCUT2D eigenvalue weighted by atomic mass is 16.5. The predicted octanol–water partition coefficient (Wildman–Crippen LogP) is -0.0409. The van der Waals surface area contributed by atoms with Gasteiger partial charge in [-0.1, -0.05) is 0 Å². The summed E-state index contributed by atoms with van der Waals surface area (Å²) in [7, 11) is 3.19. The molecule has 2 aromatic heterocycles. The summed E-state index contributed by atoms with van der Waals surface area (Å²) in [6.07, 6.45) is 3.01. The lowest BCUT2D eigenvalue weighted by atomic mass is 10.2. The zero-order chi connectivity index (χ0) is 17.1. The van der Waals surface area contributed by atoms with Gasteiger partial charge in [0.25, 0.3) is 5.91 Å². The van der Waals surface area contributed by atoms with Crippen molar-refractivity contribution >= 4 is 17.8 Å². The molecule has 9 heteroatoms. The van der Waals surface area contributed by atoms with Gasteiger partial charge in [-0.05, 0) is 12.1 Å². The molecule has 1 aliphatic rings. The third kappa shape index (κ3) is 3.05. The van der Waals surface area contributed by atoms with Gasteiger partial charge >= 0.3 is 5.97 Å². The molecule has 1 saturated heterocycles. The van der Waals surface area contributed by atoms with E-state index < -0.39 is 5.97 Å². The molecule has 0 aromatic carbocycles. The highest BCUT2D eigenvalue weighted by Crippen LogP contribution is 2.13. The number of esters is 1. The second-order valence-electron chi connectivity index (χ2n) is 5.44. The first kappa shape index (κ1) is 15.9. The van der Waals surface area contributed by atoms with E-state index in [1.54, 1.807) is 23.4 Å². The Morgan fingerprint density at radius 3 is 2.46 bits per heavy atom. The van der Waals surface area contributed by atoms with E-state index in [-0.39, 0.29) is 5.91 Å². The number of hydrogen-bond acceptors (Lipinski definition) is 7. The van der Waals surface area contributed by atoms with Gasteiger partial charge in [-0.15, -0.1) is 10.2 Å². The maximum Gasteiger partial charge on any atom is 0.339 e. The molecule has 2 aromatic rings. The van der Waals surface area contributed by atoms with Gasteiger partial charge in [0.05, 0.1) is 12.7 Å². The number of aryl methyl sites for hydroxylation is 1. The summed E-state index contributed by atoms with van der Waals surface area (Å²) in [6, 6.07) is 3.09. The number of nitrogens with zero attached hydrogens (tertiary/aromatic N) is 6. The van der Waals surface area contributed by atoms with Crippen LogP contribution >= 0.6 is 0 Å². The molecule has 0 unspecified atom stereocenters. The van der Waals surface area contributed by atoms with E-state index in [4.69, 9.17) is 0 Å². The minimum absolute atomic E-state index is 0.149. The number of aromatic nitrogens is 4. The van der Waals surface area contributed by atoms with Gasteiger partial charge < -0.3 is 19.1 Å². The molecule has 3 rings (SSSR count). The van der Waals surface area contributed by atoms with Crippen LogP contribution in [0.4, 0.5) is 5.95 Å². The van der Waals surface area contributed by atoms with Crippen LogP contribution in [-0.2, 0) is 11.8 Å². The molecule has 0 saturated carbocycles. The molecule has 9 nitrogen and oxygen atoms in total. The number of carbonyl (C=O) groups is 2. The third-order valence-electron chi connectivity index (χ3n) is 3.94. The molecule has 1 aliphatic heterocycles. The van der Waals surface area contributed by atoms with E-state index in [9.17, 15) is 9.59 Å². The number of hydrogen-bond donors (Lipinski definition) is 0. The van der Waals surface area contributed by atoms with Crippen LogP contribution in [0.3, 0.4) is 0 Å². The summed E-state index contributed by atoms with van der Waals surface area (Å²) < 4.78 is 6.47. The van der Waals surface area contributed by atoms with Gasteiger partial charge in [0.15, 0.2) is 0 Å². The van der Waals surface area contributed by atoms with Crippen LogP contribution in [0.15, 0.2) is 24.7 Å². The lowest BCUT2D eigenvalue weighted by molar-refractivity contribution is 0.0599. The lowest BCUT2D eigenvalue weighted by Crippen LogP contribution is -2.49. The molecule has 0 N–H and O–H groups in total. The lowest BCUT2D eigenvalue weighted by Gasteiger charge is -2.34. The van der Waals surface area contributed by atoms with Crippen molar-refractivity contribution in [1.29, 1.82) is 0 Å². The van der Waals surface area contributed by atoms with Crippen molar-refractivity contribution in [3.05, 3.63) is 35.9 Å². The Kier molecular flexibility index (Phi) is 4.41. The zero-order valence-electron chi connectivity index (χ0n) is 13.5. The van der Waals surface area contributed by atoms with Crippen molar-refractivity contribution < 1.29 is 14.3 Å². The van der Waals surface area contributed by atoms with Crippen LogP contribution in [0, 0.1) is 0 Å². The third-order valence-corrected chi connectivity index (χ3v) is 3.94. The van der Waals surface area contributed by atoms with Gasteiger partial charge in [-0.25, -0.2) is 4.79 Å². The quantitative estimate of drug-likeness (QED) is 0.729. The first-order chi connectivity index (χ1) is 11.6. The SMILES string of the molecule is COC(=O)c1ccc(C(=O)N2CCN(c3nncn3C)CC2)nc1. The maximum absolute atomic E-state index is 12.5. The zero-order valence-corrected chi connectivity index (χ0v) is 13.5. The standard InChI is InChI=1S/C15H18N6O3/c1-19-10-17-18-15(19)21-7-5-20(6-8-21)13(22)12-4-3-11(9-16-12)14(23)24-2/h3-4,9-10H,5-8H2,1-2H3. The largest absolute Gasteiger partial charge is 0.465 e. The smallest absolute Gasteiger partial charge is 0.339 e. The molecular weight excluding hydrogens is 312 g/mol. The topological polar surface area (TPSA) is 93.5 Å². The normalized spacial score (nSPS) is 14.6. The van der Waals surface area contributed by atoms with E-state index in [1.165, 1.54) is 13.3 Å². The molecule has 0 bridgehead atoms. The van der Waals surface area contributed by atoms with Crippen LogP contribution < -0.4 is 4.90 Å². The Bertz CT molecular complexity index is 734. The average Bonchev–Trinajstić information content (AvgIpc) is 3.06. The summed E-state index contributed by atoms with van der Waals surface area (Å²) in [6.45, 7) is 2.51. The predicted molar refractivity (Wildman–Crippen MR) is 84.7 cm³/mol. The van der Waals surface area contributed by atoms with Gasteiger partial charge in [-0.2, -0.15) is 0 Å². The Labute approximate surface area is 138 Å². The number of ether oxygens (including phenoxy) is 1. The molecule has 126 valence electrons. The van der Waals surface area contributed by atoms with E-state index in [0.717, 1.165) is 5.95 Å². The van der Waals surface area contributed by atoms with Gasteiger partial charge in [0, 0.05) is 39.4 Å². The van der Waals surface area contributed by atoms with Crippen molar-refractivity contribution in [3.63, 3.8) is 0 Å². The van der Waals surface area contributed by atoms with E-state index in [1.807, 2.05) is 11.6 Å². The fourth-order valence-corrected chi connectivity index (χ4v) is 2.59. The summed E-state index contributed by atoms with van der Waals surface area (Å²) >= 11 is 0. The van der Waals surface area contributed by atoms with Crippen molar-refractivity contribution in [2.45, 2.75) is 0 Å². The van der Waals surface area contributed by atoms with Crippen LogP contribution in [0.25, 0.3) is 0 Å². The minimum atomic E-state index is -0.473. The fourth-order valence-electron chi connectivity index (χ4n) is 2.59. The Morgan fingerprint density at radius 1 is 1.17 bits per heavy atom. The number of anilines is 1. The molecule has 3 heterocycles. The van der Waals surface area contributed by atoms with Crippen LogP contribution in [0.1, 0.15) is 20.8 Å². The first-order valence-corrected chi connectivity index (χ1v) is 7.52. The van der Waals surface area contributed by atoms with Crippen LogP contribution in [0.2, 0.25) is 0 Å².